The van der Waals surface area contributed by atoms with Crippen LogP contribution >= 0.6 is 0 Å². The molecule has 2 fully saturated rings. The van der Waals surface area contributed by atoms with Crippen molar-refractivity contribution in [2.75, 3.05) is 0 Å². The summed E-state index contributed by atoms with van der Waals surface area (Å²) >= 11 is 0. The van der Waals surface area contributed by atoms with Crippen LogP contribution in [0.25, 0.3) is 0 Å². The first-order valence-corrected chi connectivity index (χ1v) is 8.87. The number of aliphatic hydroxyl groups is 1. The molecule has 19 heavy (non-hydrogen) atoms. The summed E-state index contributed by atoms with van der Waals surface area (Å²) in [6.45, 7) is 7.09. The fraction of sp³-hybridized carbons (Fsp3) is 1.00. The molecular formula is C18H34O. The van der Waals surface area contributed by atoms with E-state index >= 15 is 0 Å². The van der Waals surface area contributed by atoms with Gasteiger partial charge in [-0.1, -0.05) is 46.5 Å². The molecule has 0 aromatic heterocycles. The fourth-order valence-electron chi connectivity index (χ4n) is 5.08. The Kier molecular flexibility index (Phi) is 5.74. The molecule has 6 atom stereocenters. The van der Waals surface area contributed by atoms with Crippen LogP contribution < -0.4 is 0 Å². The molecule has 2 aliphatic carbocycles. The average molecular weight is 266 g/mol. The molecule has 0 amide bonds. The summed E-state index contributed by atoms with van der Waals surface area (Å²) in [5, 5.41) is 9.93. The molecule has 1 nitrogen and oxygen atoms in total. The zero-order valence-corrected chi connectivity index (χ0v) is 13.3. The van der Waals surface area contributed by atoms with Crippen molar-refractivity contribution in [2.24, 2.45) is 29.6 Å². The third-order valence-electron chi connectivity index (χ3n) is 6.34. The van der Waals surface area contributed by atoms with Gasteiger partial charge in [-0.05, 0) is 61.7 Å². The lowest BCUT2D eigenvalue weighted by atomic mass is 9.60. The molecule has 0 aliphatic heterocycles. The van der Waals surface area contributed by atoms with E-state index in [9.17, 15) is 5.11 Å². The quantitative estimate of drug-likeness (QED) is 0.757. The summed E-state index contributed by atoms with van der Waals surface area (Å²) in [5.41, 5.74) is 0. The third kappa shape index (κ3) is 3.54. The molecule has 0 bridgehead atoms. The summed E-state index contributed by atoms with van der Waals surface area (Å²) in [7, 11) is 0. The van der Waals surface area contributed by atoms with Crippen LogP contribution in [-0.2, 0) is 0 Å². The van der Waals surface area contributed by atoms with Crippen molar-refractivity contribution in [1.82, 2.24) is 0 Å². The topological polar surface area (TPSA) is 20.2 Å². The van der Waals surface area contributed by atoms with Crippen LogP contribution in [0.1, 0.15) is 78.6 Å². The van der Waals surface area contributed by atoms with Gasteiger partial charge in [0.25, 0.3) is 0 Å². The van der Waals surface area contributed by atoms with E-state index in [1.165, 1.54) is 44.9 Å². The highest BCUT2D eigenvalue weighted by Crippen LogP contribution is 2.47. The fourth-order valence-corrected chi connectivity index (χ4v) is 5.08. The van der Waals surface area contributed by atoms with Gasteiger partial charge in [-0.2, -0.15) is 0 Å². The average Bonchev–Trinajstić information content (AvgIpc) is 2.46. The van der Waals surface area contributed by atoms with Crippen LogP contribution in [0.2, 0.25) is 0 Å². The molecule has 0 heterocycles. The van der Waals surface area contributed by atoms with Crippen molar-refractivity contribution >= 4 is 0 Å². The molecule has 2 aliphatic rings. The highest BCUT2D eigenvalue weighted by atomic mass is 16.3. The van der Waals surface area contributed by atoms with Gasteiger partial charge in [-0.3, -0.25) is 0 Å². The molecule has 0 saturated heterocycles. The smallest absolute Gasteiger partial charge is 0.0543 e. The Hall–Kier alpha value is -0.0400. The highest BCUT2D eigenvalue weighted by Gasteiger charge is 2.39. The second kappa shape index (κ2) is 7.11. The van der Waals surface area contributed by atoms with Crippen LogP contribution in [0.5, 0.6) is 0 Å². The molecule has 1 N–H and O–H groups in total. The van der Waals surface area contributed by atoms with E-state index in [-0.39, 0.29) is 6.10 Å². The van der Waals surface area contributed by atoms with Crippen molar-refractivity contribution in [3.8, 4) is 0 Å². The van der Waals surface area contributed by atoms with Gasteiger partial charge in [0.15, 0.2) is 0 Å². The molecule has 2 saturated carbocycles. The normalized spacial score (nSPS) is 44.2. The summed E-state index contributed by atoms with van der Waals surface area (Å²) in [5.74, 6) is 4.63. The van der Waals surface area contributed by atoms with Crippen molar-refractivity contribution in [3.05, 3.63) is 0 Å². The first-order valence-electron chi connectivity index (χ1n) is 8.87. The zero-order chi connectivity index (χ0) is 13.8. The zero-order valence-electron chi connectivity index (χ0n) is 13.3. The van der Waals surface area contributed by atoms with Gasteiger partial charge in [0, 0.05) is 0 Å². The maximum atomic E-state index is 9.93. The van der Waals surface area contributed by atoms with Gasteiger partial charge in [0.1, 0.15) is 0 Å². The van der Waals surface area contributed by atoms with Crippen molar-refractivity contribution in [3.63, 3.8) is 0 Å². The molecule has 0 radical (unpaired) electrons. The minimum Gasteiger partial charge on any atom is -0.393 e. The maximum Gasteiger partial charge on any atom is 0.0543 e. The first-order chi connectivity index (χ1) is 9.19. The van der Waals surface area contributed by atoms with E-state index in [1.54, 1.807) is 0 Å². The summed E-state index contributed by atoms with van der Waals surface area (Å²) in [4.78, 5) is 0. The minimum absolute atomic E-state index is 0.00624. The standard InChI is InChI=1S/C18H34O/c1-4-13-7-9-17(14(5-2)11-13)18-10-8-16(19)12-15(18)6-3/h13-19H,4-12H2,1-3H3. The van der Waals surface area contributed by atoms with E-state index < -0.39 is 0 Å². The monoisotopic (exact) mass is 266 g/mol. The predicted molar refractivity (Wildman–Crippen MR) is 82.0 cm³/mol. The van der Waals surface area contributed by atoms with Crippen LogP contribution in [0.3, 0.4) is 0 Å². The van der Waals surface area contributed by atoms with Crippen molar-refractivity contribution in [1.29, 1.82) is 0 Å². The molecule has 112 valence electrons. The molecule has 6 unspecified atom stereocenters. The van der Waals surface area contributed by atoms with E-state index in [0.717, 1.165) is 42.4 Å². The van der Waals surface area contributed by atoms with Gasteiger partial charge in [-0.15, -0.1) is 0 Å². The van der Waals surface area contributed by atoms with Gasteiger partial charge < -0.3 is 5.11 Å². The molecule has 0 aromatic carbocycles. The Morgan fingerprint density at radius 1 is 0.737 bits per heavy atom. The highest BCUT2D eigenvalue weighted by molar-refractivity contribution is 4.89. The van der Waals surface area contributed by atoms with Gasteiger partial charge in [0.05, 0.1) is 6.10 Å². The Balaban J connectivity index is 2.02. The first kappa shape index (κ1) is 15.4. The van der Waals surface area contributed by atoms with Crippen LogP contribution in [0.4, 0.5) is 0 Å². The molecule has 0 spiro atoms. The van der Waals surface area contributed by atoms with Gasteiger partial charge >= 0.3 is 0 Å². The van der Waals surface area contributed by atoms with E-state index in [1.807, 2.05) is 0 Å². The molecule has 2 rings (SSSR count). The predicted octanol–water partition coefficient (Wildman–Crippen LogP) is 5.03. The Bertz CT molecular complexity index is 262. The summed E-state index contributed by atoms with van der Waals surface area (Å²) < 4.78 is 0. The molecular weight excluding hydrogens is 232 g/mol. The second-order valence-electron chi connectivity index (χ2n) is 7.22. The van der Waals surface area contributed by atoms with Crippen molar-refractivity contribution in [2.45, 2.75) is 84.7 Å². The van der Waals surface area contributed by atoms with E-state index in [0.29, 0.717) is 0 Å². The van der Waals surface area contributed by atoms with Gasteiger partial charge in [-0.25, -0.2) is 0 Å². The lowest BCUT2D eigenvalue weighted by Gasteiger charge is -2.45. The Morgan fingerprint density at radius 3 is 1.89 bits per heavy atom. The van der Waals surface area contributed by atoms with Gasteiger partial charge in [0.2, 0.25) is 0 Å². The second-order valence-corrected chi connectivity index (χ2v) is 7.22. The maximum absolute atomic E-state index is 9.93. The number of rotatable bonds is 4. The van der Waals surface area contributed by atoms with E-state index in [4.69, 9.17) is 0 Å². The molecule has 0 aromatic rings. The number of hydrogen-bond acceptors (Lipinski definition) is 1. The largest absolute Gasteiger partial charge is 0.393 e. The summed E-state index contributed by atoms with van der Waals surface area (Å²) in [6.07, 6.45) is 11.9. The number of aliphatic hydroxyl groups excluding tert-OH is 1. The Morgan fingerprint density at radius 2 is 1.32 bits per heavy atom. The SMILES string of the molecule is CCC1CCC(C2CCC(O)CC2CC)C(CC)C1. The van der Waals surface area contributed by atoms with Crippen LogP contribution in [-0.4, -0.2) is 11.2 Å². The lowest BCUT2D eigenvalue weighted by Crippen LogP contribution is -2.38. The van der Waals surface area contributed by atoms with Crippen LogP contribution in [0, 0.1) is 29.6 Å². The lowest BCUT2D eigenvalue weighted by molar-refractivity contribution is 0.00798. The summed E-state index contributed by atoms with van der Waals surface area (Å²) in [6, 6.07) is 0. The van der Waals surface area contributed by atoms with E-state index in [2.05, 4.69) is 20.8 Å². The third-order valence-corrected chi connectivity index (χ3v) is 6.34. The molecule has 1 heteroatoms. The Labute approximate surface area is 120 Å². The van der Waals surface area contributed by atoms with Crippen molar-refractivity contribution < 1.29 is 5.11 Å². The number of hydrogen-bond donors (Lipinski definition) is 1. The minimum atomic E-state index is -0.00624. The van der Waals surface area contributed by atoms with Crippen LogP contribution in [0.15, 0.2) is 0 Å².